The van der Waals surface area contributed by atoms with E-state index in [2.05, 4.69) is 45.9 Å². The minimum atomic E-state index is 0.338. The molecule has 0 amide bonds. The van der Waals surface area contributed by atoms with Crippen LogP contribution in [-0.4, -0.2) is 41.7 Å². The zero-order valence-electron chi connectivity index (χ0n) is 12.8. The third-order valence-electron chi connectivity index (χ3n) is 2.91. The van der Waals surface area contributed by atoms with E-state index in [4.69, 9.17) is 4.74 Å². The van der Waals surface area contributed by atoms with Crippen molar-refractivity contribution in [3.05, 3.63) is 0 Å². The van der Waals surface area contributed by atoms with Gasteiger partial charge >= 0.3 is 6.01 Å². The summed E-state index contributed by atoms with van der Waals surface area (Å²) < 4.78 is 5.12. The van der Waals surface area contributed by atoms with Gasteiger partial charge in [-0.05, 0) is 26.2 Å². The van der Waals surface area contributed by atoms with Crippen LogP contribution in [0.3, 0.4) is 0 Å². The molecule has 1 N–H and O–H groups in total. The van der Waals surface area contributed by atoms with Crippen molar-refractivity contribution in [1.82, 2.24) is 15.0 Å². The Morgan fingerprint density at radius 2 is 1.89 bits per heavy atom. The zero-order valence-corrected chi connectivity index (χ0v) is 12.8. The molecule has 0 bridgehead atoms. The third kappa shape index (κ3) is 4.54. The van der Waals surface area contributed by atoms with Gasteiger partial charge in [0.15, 0.2) is 0 Å². The van der Waals surface area contributed by atoms with Crippen LogP contribution in [0.2, 0.25) is 0 Å². The van der Waals surface area contributed by atoms with Gasteiger partial charge < -0.3 is 15.0 Å². The Balaban J connectivity index is 2.94. The van der Waals surface area contributed by atoms with Crippen LogP contribution in [0.15, 0.2) is 0 Å². The summed E-state index contributed by atoms with van der Waals surface area (Å²) in [5.74, 6) is 1.82. The minimum Gasteiger partial charge on any atom is -0.467 e. The minimum absolute atomic E-state index is 0.338. The van der Waals surface area contributed by atoms with Crippen molar-refractivity contribution in [1.29, 1.82) is 0 Å². The summed E-state index contributed by atoms with van der Waals surface area (Å²) in [7, 11) is 3.56. The second kappa shape index (κ2) is 7.11. The molecule has 0 fully saturated rings. The summed E-state index contributed by atoms with van der Waals surface area (Å²) in [4.78, 5) is 14.9. The molecule has 1 unspecified atom stereocenters. The Kier molecular flexibility index (Phi) is 5.79. The molecule has 19 heavy (non-hydrogen) atoms. The molecule has 6 nitrogen and oxygen atoms in total. The first-order valence-electron chi connectivity index (χ1n) is 6.74. The summed E-state index contributed by atoms with van der Waals surface area (Å²) in [6.45, 7) is 9.35. The molecule has 1 rings (SSSR count). The highest BCUT2D eigenvalue weighted by Crippen LogP contribution is 2.18. The van der Waals surface area contributed by atoms with Gasteiger partial charge in [0.25, 0.3) is 0 Å². The predicted molar refractivity (Wildman–Crippen MR) is 77.9 cm³/mol. The van der Waals surface area contributed by atoms with E-state index in [-0.39, 0.29) is 0 Å². The monoisotopic (exact) mass is 267 g/mol. The van der Waals surface area contributed by atoms with E-state index >= 15 is 0 Å². The standard InChI is InChI=1S/C13H25N5O/c1-7-14-11-15-12(17-13(16-11)19-6)18(5)10(4)8-9(2)3/h9-10H,7-8H2,1-6H3,(H,14,15,16,17). The average molecular weight is 267 g/mol. The number of rotatable bonds is 7. The zero-order chi connectivity index (χ0) is 14.4. The van der Waals surface area contributed by atoms with Gasteiger partial charge in [-0.25, -0.2) is 0 Å². The summed E-state index contributed by atoms with van der Waals surface area (Å²) >= 11 is 0. The molecule has 0 radical (unpaired) electrons. The molecule has 1 aromatic rings. The van der Waals surface area contributed by atoms with Crippen molar-refractivity contribution < 1.29 is 4.74 Å². The summed E-state index contributed by atoms with van der Waals surface area (Å²) in [6.07, 6.45) is 1.08. The van der Waals surface area contributed by atoms with Crippen LogP contribution >= 0.6 is 0 Å². The number of hydrogen-bond acceptors (Lipinski definition) is 6. The van der Waals surface area contributed by atoms with E-state index in [1.807, 2.05) is 14.0 Å². The highest BCUT2D eigenvalue weighted by Gasteiger charge is 2.16. The fourth-order valence-electron chi connectivity index (χ4n) is 1.87. The summed E-state index contributed by atoms with van der Waals surface area (Å²) in [6, 6.07) is 0.700. The first-order valence-corrected chi connectivity index (χ1v) is 6.74. The van der Waals surface area contributed by atoms with Crippen molar-refractivity contribution >= 4 is 11.9 Å². The molecule has 108 valence electrons. The molecule has 0 aliphatic heterocycles. The van der Waals surface area contributed by atoms with Crippen LogP contribution in [0.25, 0.3) is 0 Å². The van der Waals surface area contributed by atoms with Gasteiger partial charge in [-0.1, -0.05) is 13.8 Å². The van der Waals surface area contributed by atoms with Crippen molar-refractivity contribution in [2.24, 2.45) is 5.92 Å². The fraction of sp³-hybridized carbons (Fsp3) is 0.769. The van der Waals surface area contributed by atoms with Gasteiger partial charge in [0.05, 0.1) is 7.11 Å². The molecule has 1 atom stereocenters. The fourth-order valence-corrected chi connectivity index (χ4v) is 1.87. The Bertz CT molecular complexity index is 397. The van der Waals surface area contributed by atoms with Crippen molar-refractivity contribution in [2.45, 2.75) is 40.2 Å². The number of anilines is 2. The maximum atomic E-state index is 5.12. The quantitative estimate of drug-likeness (QED) is 0.817. The van der Waals surface area contributed by atoms with Crippen LogP contribution in [-0.2, 0) is 0 Å². The van der Waals surface area contributed by atoms with Gasteiger partial charge in [0.1, 0.15) is 0 Å². The molecule has 1 aromatic heterocycles. The molecule has 0 aromatic carbocycles. The lowest BCUT2D eigenvalue weighted by atomic mass is 10.0. The van der Waals surface area contributed by atoms with E-state index < -0.39 is 0 Å². The molecule has 0 saturated carbocycles. The molecule has 6 heteroatoms. The lowest BCUT2D eigenvalue weighted by Gasteiger charge is -2.26. The van der Waals surface area contributed by atoms with Gasteiger partial charge in [0, 0.05) is 19.6 Å². The molecular formula is C13H25N5O. The molecule has 1 heterocycles. The highest BCUT2D eigenvalue weighted by molar-refractivity contribution is 5.38. The third-order valence-corrected chi connectivity index (χ3v) is 2.91. The van der Waals surface area contributed by atoms with Crippen LogP contribution in [0.4, 0.5) is 11.9 Å². The Labute approximate surface area is 115 Å². The van der Waals surface area contributed by atoms with Crippen molar-refractivity contribution in [3.63, 3.8) is 0 Å². The van der Waals surface area contributed by atoms with E-state index in [9.17, 15) is 0 Å². The van der Waals surface area contributed by atoms with Crippen LogP contribution < -0.4 is 15.0 Å². The lowest BCUT2D eigenvalue weighted by Crippen LogP contribution is -2.32. The first-order chi connectivity index (χ1) is 8.97. The molecule has 0 spiro atoms. The van der Waals surface area contributed by atoms with Crippen LogP contribution in [0.5, 0.6) is 6.01 Å². The number of aromatic nitrogens is 3. The molecule has 0 aliphatic rings. The van der Waals surface area contributed by atoms with Gasteiger partial charge in [-0.3, -0.25) is 0 Å². The van der Waals surface area contributed by atoms with Crippen LogP contribution in [0, 0.1) is 5.92 Å². The van der Waals surface area contributed by atoms with Crippen molar-refractivity contribution in [2.75, 3.05) is 30.9 Å². The molecule has 0 saturated heterocycles. The second-order valence-electron chi connectivity index (χ2n) is 5.07. The number of nitrogens with one attached hydrogen (secondary N) is 1. The van der Waals surface area contributed by atoms with E-state index in [0.29, 0.717) is 29.9 Å². The Morgan fingerprint density at radius 1 is 1.21 bits per heavy atom. The van der Waals surface area contributed by atoms with Crippen molar-refractivity contribution in [3.8, 4) is 6.01 Å². The predicted octanol–water partition coefficient (Wildman–Crippen LogP) is 2.18. The summed E-state index contributed by atoms with van der Waals surface area (Å²) in [5.41, 5.74) is 0. The number of methoxy groups -OCH3 is 1. The number of hydrogen-bond donors (Lipinski definition) is 1. The molecule has 0 aliphatic carbocycles. The van der Waals surface area contributed by atoms with E-state index in [1.165, 1.54) is 0 Å². The normalized spacial score (nSPS) is 12.4. The number of nitrogens with zero attached hydrogens (tertiary/aromatic N) is 4. The SMILES string of the molecule is CCNc1nc(OC)nc(N(C)C(C)CC(C)C)n1. The maximum Gasteiger partial charge on any atom is 0.322 e. The topological polar surface area (TPSA) is 63.2 Å². The first kappa shape index (κ1) is 15.5. The van der Waals surface area contributed by atoms with Crippen LogP contribution in [0.1, 0.15) is 34.1 Å². The van der Waals surface area contributed by atoms with E-state index in [1.54, 1.807) is 7.11 Å². The van der Waals surface area contributed by atoms with Gasteiger partial charge in [0.2, 0.25) is 11.9 Å². The number of ether oxygens (including phenoxy) is 1. The molecular weight excluding hydrogens is 242 g/mol. The largest absolute Gasteiger partial charge is 0.467 e. The van der Waals surface area contributed by atoms with Gasteiger partial charge in [-0.15, -0.1) is 0 Å². The Hall–Kier alpha value is -1.59. The van der Waals surface area contributed by atoms with Gasteiger partial charge in [-0.2, -0.15) is 15.0 Å². The van der Waals surface area contributed by atoms with E-state index in [0.717, 1.165) is 13.0 Å². The smallest absolute Gasteiger partial charge is 0.322 e. The lowest BCUT2D eigenvalue weighted by molar-refractivity contribution is 0.378. The second-order valence-corrected chi connectivity index (χ2v) is 5.07. The Morgan fingerprint density at radius 3 is 2.42 bits per heavy atom. The summed E-state index contributed by atoms with van der Waals surface area (Å²) in [5, 5.41) is 3.09. The maximum absolute atomic E-state index is 5.12. The average Bonchev–Trinajstić information content (AvgIpc) is 2.37. The highest BCUT2D eigenvalue weighted by atomic mass is 16.5.